The third-order valence-corrected chi connectivity index (χ3v) is 8.31. The molecule has 8 nitrogen and oxygen atoms in total. The van der Waals surface area contributed by atoms with E-state index in [-0.39, 0.29) is 49.0 Å². The maximum absolute atomic E-state index is 12.4. The van der Waals surface area contributed by atoms with Crippen LogP contribution in [0, 0.1) is 0 Å². The molecule has 0 saturated heterocycles. The number of carbonyl (C=O) groups excluding carboxylic acids is 2. The summed E-state index contributed by atoms with van der Waals surface area (Å²) in [5.74, 6) is -0.920. The Hall–Kier alpha value is -0.990. The van der Waals surface area contributed by atoms with Crippen molar-refractivity contribution in [2.45, 2.75) is 174 Å². The van der Waals surface area contributed by atoms with Gasteiger partial charge in [0.05, 0.1) is 6.61 Å². The third-order valence-electron chi connectivity index (χ3n) is 7.82. The van der Waals surface area contributed by atoms with Crippen LogP contribution in [0.4, 0.5) is 0 Å². The Kier molecular flexibility index (Phi) is 39.1. The van der Waals surface area contributed by atoms with Crippen molar-refractivity contribution in [1.29, 1.82) is 0 Å². The minimum Gasteiger partial charge on any atom is -0.462 e. The van der Waals surface area contributed by atoms with E-state index in [2.05, 4.69) is 67.0 Å². The van der Waals surface area contributed by atoms with Gasteiger partial charge in [0.2, 0.25) is 0 Å². The number of allylic oxidation sites excluding steroid dienone is 8. The van der Waals surface area contributed by atoms with Gasteiger partial charge in [0.15, 0.2) is 6.10 Å². The average Bonchev–Trinajstić information content (AvgIpc) is 3.05. The van der Waals surface area contributed by atoms with E-state index >= 15 is 0 Å². The summed E-state index contributed by atoms with van der Waals surface area (Å²) in [4.78, 5) is 42.7. The Morgan fingerprint density at radius 2 is 0.939 bits per heavy atom. The molecule has 279 valence electrons. The zero-order valence-corrected chi connectivity index (χ0v) is 34.3. The second-order valence-corrected chi connectivity index (χ2v) is 13.8. The molecule has 0 amide bonds. The van der Waals surface area contributed by atoms with Crippen molar-refractivity contribution in [3.05, 3.63) is 48.6 Å². The van der Waals surface area contributed by atoms with Gasteiger partial charge in [-0.15, -0.1) is 0 Å². The summed E-state index contributed by atoms with van der Waals surface area (Å²) in [5.41, 5.74) is 0. The van der Waals surface area contributed by atoms with Crippen LogP contribution >= 0.6 is 7.82 Å². The van der Waals surface area contributed by atoms with E-state index in [0.717, 1.165) is 77.0 Å². The van der Waals surface area contributed by atoms with Crippen LogP contribution in [0.15, 0.2) is 48.6 Å². The van der Waals surface area contributed by atoms with Gasteiger partial charge >= 0.3 is 19.8 Å². The van der Waals surface area contributed by atoms with Gasteiger partial charge in [0.1, 0.15) is 6.61 Å². The standard InChI is InChI=1S/C39H69O8P.Na/c1-3-5-7-9-11-13-15-17-19-21-23-25-27-29-31-33-38(40)45-35-37(36-46-48(42,43)44)47-39(41)34-32-30-28-26-24-22-20-18-16-14-12-10-8-6-4-2;/h11-14,17-20,37H,3-10,15-16,21-36H2,1-2H3,(H2,42,43,44);/b13-11-,14-12-,19-17-,20-18-;/t37-;/m1./s1. The van der Waals surface area contributed by atoms with E-state index in [1.165, 1.54) is 51.4 Å². The fourth-order valence-corrected chi connectivity index (χ4v) is 5.32. The number of carbonyl (C=O) groups is 2. The van der Waals surface area contributed by atoms with Crippen LogP contribution in [0.1, 0.15) is 168 Å². The monoisotopic (exact) mass is 719 g/mol. The van der Waals surface area contributed by atoms with Crippen molar-refractivity contribution in [2.75, 3.05) is 13.2 Å². The van der Waals surface area contributed by atoms with Gasteiger partial charge in [0.25, 0.3) is 0 Å². The van der Waals surface area contributed by atoms with Gasteiger partial charge in [-0.25, -0.2) is 4.57 Å². The van der Waals surface area contributed by atoms with Crippen LogP contribution in [0.3, 0.4) is 0 Å². The topological polar surface area (TPSA) is 119 Å². The Balaban J connectivity index is 0. The Bertz CT molecular complexity index is 928. The molecule has 0 heterocycles. The molecule has 0 aliphatic carbocycles. The predicted octanol–water partition coefficient (Wildman–Crippen LogP) is 10.8. The number of phosphoric acid groups is 1. The summed E-state index contributed by atoms with van der Waals surface area (Å²) in [6, 6.07) is 0. The molecule has 0 rings (SSSR count). The molecule has 0 aromatic carbocycles. The van der Waals surface area contributed by atoms with Crippen molar-refractivity contribution in [2.24, 2.45) is 0 Å². The molecular weight excluding hydrogens is 650 g/mol. The van der Waals surface area contributed by atoms with E-state index < -0.39 is 32.5 Å². The van der Waals surface area contributed by atoms with Crippen LogP contribution in [-0.4, -0.2) is 70.6 Å². The first-order chi connectivity index (χ1) is 23.3. The van der Waals surface area contributed by atoms with Crippen molar-refractivity contribution in [3.8, 4) is 0 Å². The summed E-state index contributed by atoms with van der Waals surface area (Å²) in [5, 5.41) is 0. The second-order valence-electron chi connectivity index (χ2n) is 12.5. The number of esters is 2. The molecular formula is C39H69NaO8P. The zero-order chi connectivity index (χ0) is 35.4. The number of unbranched alkanes of at least 4 members (excludes halogenated alkanes) is 16. The molecule has 0 aliphatic rings. The van der Waals surface area contributed by atoms with E-state index in [0.29, 0.717) is 12.8 Å². The molecule has 0 aromatic rings. The first-order valence-electron chi connectivity index (χ1n) is 18.9. The molecule has 0 aliphatic heterocycles. The number of hydrogen-bond acceptors (Lipinski definition) is 6. The molecule has 0 saturated carbocycles. The Morgan fingerprint density at radius 3 is 1.37 bits per heavy atom. The SMILES string of the molecule is CCCCC/C=C\C/C=C\CCCCCCCC(=O)OC[C@H](COP(=O)(O)O)OC(=O)CCCCCCC/C=C\C/C=C\CCCCC.[Na]. The smallest absolute Gasteiger partial charge is 0.462 e. The summed E-state index contributed by atoms with van der Waals surface area (Å²) in [6.07, 6.45) is 41.1. The van der Waals surface area contributed by atoms with Gasteiger partial charge < -0.3 is 19.3 Å². The zero-order valence-electron chi connectivity index (χ0n) is 31.4. The maximum Gasteiger partial charge on any atom is 0.469 e. The molecule has 0 unspecified atom stereocenters. The Morgan fingerprint density at radius 1 is 0.551 bits per heavy atom. The average molecular weight is 720 g/mol. The third kappa shape index (κ3) is 41.3. The molecule has 49 heavy (non-hydrogen) atoms. The largest absolute Gasteiger partial charge is 0.469 e. The molecule has 10 heteroatoms. The van der Waals surface area contributed by atoms with E-state index in [4.69, 9.17) is 19.3 Å². The van der Waals surface area contributed by atoms with E-state index in [1.54, 1.807) is 0 Å². The fraction of sp³-hybridized carbons (Fsp3) is 0.744. The number of hydrogen-bond donors (Lipinski definition) is 2. The van der Waals surface area contributed by atoms with Crippen LogP contribution < -0.4 is 0 Å². The number of rotatable bonds is 34. The number of phosphoric ester groups is 1. The minimum atomic E-state index is -4.76. The van der Waals surface area contributed by atoms with Gasteiger partial charge in [-0.2, -0.15) is 0 Å². The van der Waals surface area contributed by atoms with Crippen molar-refractivity contribution >= 4 is 49.3 Å². The first kappa shape index (κ1) is 50.1. The van der Waals surface area contributed by atoms with Gasteiger partial charge in [-0.05, 0) is 77.0 Å². The predicted molar refractivity (Wildman–Crippen MR) is 203 cm³/mol. The van der Waals surface area contributed by atoms with Crippen LogP contribution in [0.25, 0.3) is 0 Å². The Labute approximate surface area is 321 Å². The minimum absolute atomic E-state index is 0. The van der Waals surface area contributed by atoms with Crippen molar-refractivity contribution in [1.82, 2.24) is 0 Å². The van der Waals surface area contributed by atoms with Crippen LogP contribution in [0.2, 0.25) is 0 Å². The first-order valence-corrected chi connectivity index (χ1v) is 20.5. The van der Waals surface area contributed by atoms with Gasteiger partial charge in [-0.3, -0.25) is 14.1 Å². The van der Waals surface area contributed by atoms with Crippen molar-refractivity contribution < 1.29 is 37.9 Å². The fourth-order valence-electron chi connectivity index (χ4n) is 4.96. The van der Waals surface area contributed by atoms with Gasteiger partial charge in [0, 0.05) is 42.4 Å². The molecule has 1 radical (unpaired) electrons. The number of ether oxygens (including phenoxy) is 2. The van der Waals surface area contributed by atoms with E-state index in [1.807, 2.05) is 0 Å². The summed E-state index contributed by atoms with van der Waals surface area (Å²) in [6.45, 7) is 3.59. The second kappa shape index (κ2) is 38.2. The summed E-state index contributed by atoms with van der Waals surface area (Å²) >= 11 is 0. The molecule has 0 aromatic heterocycles. The summed E-state index contributed by atoms with van der Waals surface area (Å²) in [7, 11) is -4.76. The van der Waals surface area contributed by atoms with Gasteiger partial charge in [-0.1, -0.05) is 127 Å². The van der Waals surface area contributed by atoms with Crippen LogP contribution in [0.5, 0.6) is 0 Å². The molecule has 2 N–H and O–H groups in total. The van der Waals surface area contributed by atoms with E-state index in [9.17, 15) is 14.2 Å². The molecule has 0 spiro atoms. The van der Waals surface area contributed by atoms with Crippen molar-refractivity contribution in [3.63, 3.8) is 0 Å². The molecule has 0 fully saturated rings. The van der Waals surface area contributed by atoms with Crippen LogP contribution in [-0.2, 0) is 28.2 Å². The molecule has 1 atom stereocenters. The normalized spacial score (nSPS) is 12.7. The quantitative estimate of drug-likeness (QED) is 0.0222. The maximum atomic E-state index is 12.4. The summed E-state index contributed by atoms with van der Waals surface area (Å²) < 4.78 is 26.3. The molecule has 0 bridgehead atoms.